The second kappa shape index (κ2) is 4.14. The van der Waals surface area contributed by atoms with Crippen LogP contribution in [0.5, 0.6) is 0 Å². The van der Waals surface area contributed by atoms with E-state index in [0.29, 0.717) is 12.8 Å². The Morgan fingerprint density at radius 1 is 1.50 bits per heavy atom. The molecule has 0 amide bonds. The monoisotopic (exact) mass is 179 g/mol. The highest BCUT2D eigenvalue weighted by Crippen LogP contribution is 2.24. The second-order valence-electron chi connectivity index (χ2n) is 3.38. The van der Waals surface area contributed by atoms with Gasteiger partial charge in [0, 0.05) is 13.1 Å². The molecule has 0 aromatic heterocycles. The van der Waals surface area contributed by atoms with Crippen LogP contribution in [-0.4, -0.2) is 48.6 Å². The number of alkyl halides is 2. The van der Waals surface area contributed by atoms with E-state index in [1.165, 1.54) is 0 Å². The fraction of sp³-hybridized carbons (Fsp3) is 1.00. The summed E-state index contributed by atoms with van der Waals surface area (Å²) < 4.78 is 25.4. The molecule has 1 atom stereocenters. The Bertz CT molecular complexity index is 143. The zero-order valence-electron chi connectivity index (χ0n) is 7.10. The van der Waals surface area contributed by atoms with Crippen molar-refractivity contribution in [3.05, 3.63) is 0 Å². The first-order valence-corrected chi connectivity index (χ1v) is 4.28. The summed E-state index contributed by atoms with van der Waals surface area (Å²) in [5.74, 6) is 0. The van der Waals surface area contributed by atoms with Crippen molar-refractivity contribution in [2.24, 2.45) is 0 Å². The number of nitrogens with zero attached hydrogens (tertiary/aromatic N) is 1. The fourth-order valence-electron chi connectivity index (χ4n) is 1.62. The molecular weight excluding hydrogens is 164 g/mol. The Balaban J connectivity index is 2.39. The van der Waals surface area contributed by atoms with Gasteiger partial charge in [-0.1, -0.05) is 0 Å². The van der Waals surface area contributed by atoms with Crippen molar-refractivity contribution in [2.75, 3.05) is 32.9 Å². The number of hydrogen-bond donors (Lipinski definition) is 1. The first kappa shape index (κ1) is 9.86. The SMILES string of the molecule is OCC1(F)CCCN(CCF)C1. The molecule has 1 aliphatic rings. The van der Waals surface area contributed by atoms with E-state index < -0.39 is 19.0 Å². The van der Waals surface area contributed by atoms with Gasteiger partial charge in [-0.05, 0) is 19.4 Å². The van der Waals surface area contributed by atoms with Crippen LogP contribution in [0.3, 0.4) is 0 Å². The van der Waals surface area contributed by atoms with E-state index in [9.17, 15) is 8.78 Å². The standard InChI is InChI=1S/C8H15F2NO/c9-3-5-11-4-1-2-8(10,6-11)7-12/h12H,1-7H2. The summed E-state index contributed by atoms with van der Waals surface area (Å²) in [6.07, 6.45) is 1.10. The molecule has 0 aliphatic carbocycles. The maximum Gasteiger partial charge on any atom is 0.146 e. The van der Waals surface area contributed by atoms with Crippen LogP contribution < -0.4 is 0 Å². The van der Waals surface area contributed by atoms with Gasteiger partial charge in [0.25, 0.3) is 0 Å². The zero-order chi connectivity index (χ0) is 9.03. The average molecular weight is 179 g/mol. The van der Waals surface area contributed by atoms with Crippen LogP contribution in [0.2, 0.25) is 0 Å². The number of likely N-dealkylation sites (tertiary alicyclic amines) is 1. The van der Waals surface area contributed by atoms with Crippen LogP contribution in [0.4, 0.5) is 8.78 Å². The Labute approximate surface area is 71.2 Å². The van der Waals surface area contributed by atoms with Crippen LogP contribution in [-0.2, 0) is 0 Å². The van der Waals surface area contributed by atoms with Crippen LogP contribution in [0.15, 0.2) is 0 Å². The predicted molar refractivity (Wildman–Crippen MR) is 42.6 cm³/mol. The Hall–Kier alpha value is -0.220. The van der Waals surface area contributed by atoms with E-state index in [1.807, 2.05) is 0 Å². The third kappa shape index (κ3) is 2.38. The van der Waals surface area contributed by atoms with Gasteiger partial charge in [-0.25, -0.2) is 8.78 Å². The Kier molecular flexibility index (Phi) is 3.40. The van der Waals surface area contributed by atoms with Gasteiger partial charge >= 0.3 is 0 Å². The Morgan fingerprint density at radius 2 is 2.25 bits per heavy atom. The lowest BCUT2D eigenvalue weighted by atomic mass is 9.96. The number of aliphatic hydroxyl groups is 1. The lowest BCUT2D eigenvalue weighted by Crippen LogP contribution is -2.48. The predicted octanol–water partition coefficient (Wildman–Crippen LogP) is 0.752. The summed E-state index contributed by atoms with van der Waals surface area (Å²) in [5, 5.41) is 8.74. The van der Waals surface area contributed by atoms with Crippen molar-refractivity contribution in [1.29, 1.82) is 0 Å². The third-order valence-electron chi connectivity index (χ3n) is 2.29. The molecule has 72 valence electrons. The molecule has 1 rings (SSSR count). The highest BCUT2D eigenvalue weighted by Gasteiger charge is 2.34. The highest BCUT2D eigenvalue weighted by molar-refractivity contribution is 4.86. The summed E-state index contributed by atoms with van der Waals surface area (Å²) in [7, 11) is 0. The van der Waals surface area contributed by atoms with E-state index in [-0.39, 0.29) is 13.1 Å². The zero-order valence-corrected chi connectivity index (χ0v) is 7.10. The molecule has 0 aromatic rings. The molecule has 0 saturated carbocycles. The van der Waals surface area contributed by atoms with Gasteiger partial charge in [0.2, 0.25) is 0 Å². The molecule has 1 aliphatic heterocycles. The van der Waals surface area contributed by atoms with Crippen LogP contribution >= 0.6 is 0 Å². The summed E-state index contributed by atoms with van der Waals surface area (Å²) in [6.45, 7) is 0.311. The maximum atomic E-state index is 13.5. The summed E-state index contributed by atoms with van der Waals surface area (Å²) in [6, 6.07) is 0. The maximum absolute atomic E-state index is 13.5. The number of hydrogen-bond acceptors (Lipinski definition) is 2. The van der Waals surface area contributed by atoms with Gasteiger partial charge in [0.1, 0.15) is 12.3 Å². The van der Waals surface area contributed by atoms with E-state index in [1.54, 1.807) is 4.90 Å². The van der Waals surface area contributed by atoms with Crippen LogP contribution in [0.1, 0.15) is 12.8 Å². The molecule has 12 heavy (non-hydrogen) atoms. The molecule has 2 nitrogen and oxygen atoms in total. The molecule has 1 saturated heterocycles. The molecular formula is C8H15F2NO. The smallest absolute Gasteiger partial charge is 0.146 e. The topological polar surface area (TPSA) is 23.5 Å². The lowest BCUT2D eigenvalue weighted by molar-refractivity contribution is -0.00251. The average Bonchev–Trinajstić information content (AvgIpc) is 2.05. The van der Waals surface area contributed by atoms with Crippen molar-refractivity contribution in [3.8, 4) is 0 Å². The minimum atomic E-state index is -1.49. The third-order valence-corrected chi connectivity index (χ3v) is 2.29. The van der Waals surface area contributed by atoms with Crippen LogP contribution in [0.25, 0.3) is 0 Å². The van der Waals surface area contributed by atoms with Gasteiger partial charge < -0.3 is 5.11 Å². The number of aliphatic hydroxyl groups excluding tert-OH is 1. The van der Waals surface area contributed by atoms with Gasteiger partial charge in [-0.15, -0.1) is 0 Å². The van der Waals surface area contributed by atoms with Crippen molar-refractivity contribution < 1.29 is 13.9 Å². The summed E-state index contributed by atoms with van der Waals surface area (Å²) in [4.78, 5) is 1.72. The molecule has 0 aromatic carbocycles. The molecule has 1 heterocycles. The van der Waals surface area contributed by atoms with Crippen molar-refractivity contribution in [1.82, 2.24) is 4.90 Å². The second-order valence-corrected chi connectivity index (χ2v) is 3.38. The number of halogens is 2. The van der Waals surface area contributed by atoms with E-state index >= 15 is 0 Å². The molecule has 0 radical (unpaired) electrons. The highest BCUT2D eigenvalue weighted by atomic mass is 19.1. The number of rotatable bonds is 3. The largest absolute Gasteiger partial charge is 0.393 e. The van der Waals surface area contributed by atoms with Gasteiger partial charge in [0.15, 0.2) is 0 Å². The van der Waals surface area contributed by atoms with Gasteiger partial charge in [0.05, 0.1) is 6.61 Å². The van der Waals surface area contributed by atoms with Crippen LogP contribution in [0, 0.1) is 0 Å². The molecule has 1 N–H and O–H groups in total. The molecule has 0 bridgehead atoms. The van der Waals surface area contributed by atoms with Gasteiger partial charge in [-0.2, -0.15) is 0 Å². The quantitative estimate of drug-likeness (QED) is 0.691. The fourth-order valence-corrected chi connectivity index (χ4v) is 1.62. The minimum absolute atomic E-state index is 0.174. The molecule has 1 fully saturated rings. The summed E-state index contributed by atoms with van der Waals surface area (Å²) in [5.41, 5.74) is -1.49. The first-order chi connectivity index (χ1) is 5.70. The molecule has 4 heteroatoms. The minimum Gasteiger partial charge on any atom is -0.393 e. The van der Waals surface area contributed by atoms with E-state index in [0.717, 1.165) is 6.54 Å². The van der Waals surface area contributed by atoms with E-state index in [2.05, 4.69) is 0 Å². The van der Waals surface area contributed by atoms with Crippen molar-refractivity contribution in [3.63, 3.8) is 0 Å². The number of piperidine rings is 1. The first-order valence-electron chi connectivity index (χ1n) is 4.28. The molecule has 1 unspecified atom stereocenters. The Morgan fingerprint density at radius 3 is 2.83 bits per heavy atom. The normalized spacial score (nSPS) is 32.2. The van der Waals surface area contributed by atoms with Crippen molar-refractivity contribution in [2.45, 2.75) is 18.5 Å². The summed E-state index contributed by atoms with van der Waals surface area (Å²) >= 11 is 0. The molecule has 0 spiro atoms. The lowest BCUT2D eigenvalue weighted by Gasteiger charge is -2.35. The van der Waals surface area contributed by atoms with E-state index in [4.69, 9.17) is 5.11 Å². The van der Waals surface area contributed by atoms with Crippen molar-refractivity contribution >= 4 is 0 Å². The van der Waals surface area contributed by atoms with Gasteiger partial charge in [-0.3, -0.25) is 4.90 Å².